The molecule has 1 aromatic heterocycles. The Morgan fingerprint density at radius 1 is 1.07 bits per heavy atom. The van der Waals surface area contributed by atoms with Crippen molar-refractivity contribution in [2.45, 2.75) is 19.4 Å². The molecule has 3 heterocycles. The molecular weight excluding hydrogens is 382 g/mol. The Morgan fingerprint density at radius 3 is 2.43 bits per heavy atom. The van der Waals surface area contributed by atoms with Crippen LogP contribution >= 0.6 is 0 Å². The van der Waals surface area contributed by atoms with Crippen LogP contribution in [0.3, 0.4) is 0 Å². The molecule has 1 aromatic carbocycles. The number of aliphatic imine (C=N–C) groups is 1. The van der Waals surface area contributed by atoms with Crippen molar-refractivity contribution >= 4 is 29.1 Å². The molecule has 0 spiro atoms. The lowest BCUT2D eigenvalue weighted by atomic mass is 10.2. The quantitative estimate of drug-likeness (QED) is 0.601. The molecule has 0 unspecified atom stereocenters. The largest absolute Gasteiger partial charge is 0.352 e. The van der Waals surface area contributed by atoms with Crippen LogP contribution in [0.2, 0.25) is 0 Å². The van der Waals surface area contributed by atoms with Crippen LogP contribution in [0.15, 0.2) is 41.7 Å². The summed E-state index contributed by atoms with van der Waals surface area (Å²) >= 11 is 0. The van der Waals surface area contributed by atoms with Gasteiger partial charge < -0.3 is 20.0 Å². The average molecular weight is 409 g/mol. The van der Waals surface area contributed by atoms with Gasteiger partial charge in [0, 0.05) is 58.6 Å². The molecule has 9 heteroatoms. The van der Waals surface area contributed by atoms with Crippen LogP contribution in [0.25, 0.3) is 0 Å². The maximum Gasteiger partial charge on any atom is 0.246 e. The number of aromatic nitrogens is 2. The van der Waals surface area contributed by atoms with E-state index in [1.165, 1.54) is 0 Å². The minimum atomic E-state index is 0.0248. The van der Waals surface area contributed by atoms with E-state index in [0.29, 0.717) is 32.0 Å². The Bertz CT molecular complexity index is 951. The minimum Gasteiger partial charge on any atom is -0.352 e. The Labute approximate surface area is 176 Å². The summed E-state index contributed by atoms with van der Waals surface area (Å²) < 4.78 is 1.69. The highest BCUT2D eigenvalue weighted by Gasteiger charge is 2.27. The van der Waals surface area contributed by atoms with Crippen LogP contribution in [0.5, 0.6) is 0 Å². The third-order valence-corrected chi connectivity index (χ3v) is 5.51. The highest BCUT2D eigenvalue weighted by atomic mass is 16.2. The molecule has 2 aromatic rings. The summed E-state index contributed by atoms with van der Waals surface area (Å²) in [5.74, 6) is 0.918. The fourth-order valence-corrected chi connectivity index (χ4v) is 3.90. The summed E-state index contributed by atoms with van der Waals surface area (Å²) in [7, 11) is 3.56. The zero-order valence-corrected chi connectivity index (χ0v) is 17.4. The van der Waals surface area contributed by atoms with Gasteiger partial charge in [0.05, 0.1) is 11.9 Å². The number of amides is 2. The van der Waals surface area contributed by atoms with Gasteiger partial charge in [-0.2, -0.15) is 5.10 Å². The summed E-state index contributed by atoms with van der Waals surface area (Å²) in [5.41, 5.74) is 2.86. The number of benzene rings is 1. The standard InChI is InChI=1S/C21H27N7O2/c1-22-21(26-10-11-28(20(30)15-26)18-13-24-25(2)14-18)23-12-16-5-7-17(8-6-16)27-9-3-4-19(27)29/h5-8,13-14H,3-4,9-12,15H2,1-2H3,(H,22,23). The first-order valence-corrected chi connectivity index (χ1v) is 10.2. The maximum atomic E-state index is 12.6. The number of piperazine rings is 1. The Kier molecular flexibility index (Phi) is 5.69. The number of hydrogen-bond donors (Lipinski definition) is 1. The number of guanidine groups is 1. The number of nitrogens with one attached hydrogen (secondary N) is 1. The molecule has 2 aliphatic rings. The zero-order chi connectivity index (χ0) is 21.1. The van der Waals surface area contributed by atoms with Crippen LogP contribution < -0.4 is 15.1 Å². The number of anilines is 2. The van der Waals surface area contributed by atoms with Crippen molar-refractivity contribution in [1.29, 1.82) is 0 Å². The van der Waals surface area contributed by atoms with Crippen LogP contribution in [-0.2, 0) is 23.2 Å². The third kappa shape index (κ3) is 4.14. The molecule has 2 saturated heterocycles. The lowest BCUT2D eigenvalue weighted by Gasteiger charge is -2.35. The normalized spacial score (nSPS) is 17.8. The van der Waals surface area contributed by atoms with Crippen LogP contribution in [0, 0.1) is 0 Å². The molecular formula is C21H27N7O2. The molecule has 2 aliphatic heterocycles. The van der Waals surface area contributed by atoms with Gasteiger partial charge in [0.15, 0.2) is 5.96 Å². The fourth-order valence-electron chi connectivity index (χ4n) is 3.90. The average Bonchev–Trinajstić information content (AvgIpc) is 3.37. The molecule has 0 aliphatic carbocycles. The van der Waals surface area contributed by atoms with E-state index in [1.54, 1.807) is 22.8 Å². The molecule has 0 radical (unpaired) electrons. The van der Waals surface area contributed by atoms with E-state index in [9.17, 15) is 9.59 Å². The van der Waals surface area contributed by atoms with Crippen LogP contribution in [0.1, 0.15) is 18.4 Å². The van der Waals surface area contributed by atoms with E-state index in [1.807, 2.05) is 47.3 Å². The summed E-state index contributed by atoms with van der Waals surface area (Å²) in [4.78, 5) is 34.4. The van der Waals surface area contributed by atoms with Crippen molar-refractivity contribution in [3.05, 3.63) is 42.2 Å². The van der Waals surface area contributed by atoms with E-state index < -0.39 is 0 Å². The van der Waals surface area contributed by atoms with E-state index in [0.717, 1.165) is 29.9 Å². The van der Waals surface area contributed by atoms with Gasteiger partial charge in [-0.25, -0.2) is 0 Å². The SMILES string of the molecule is CN=C(NCc1ccc(N2CCCC2=O)cc1)N1CCN(c2cnn(C)c2)C(=O)C1. The highest BCUT2D eigenvalue weighted by Crippen LogP contribution is 2.21. The zero-order valence-electron chi connectivity index (χ0n) is 17.4. The second kappa shape index (κ2) is 8.56. The van der Waals surface area contributed by atoms with Crippen molar-refractivity contribution in [2.75, 3.05) is 43.0 Å². The molecule has 1 N–H and O–H groups in total. The first-order valence-electron chi connectivity index (χ1n) is 10.2. The Balaban J connectivity index is 1.33. The minimum absolute atomic E-state index is 0.0248. The van der Waals surface area contributed by atoms with Gasteiger partial charge in [-0.05, 0) is 24.1 Å². The monoisotopic (exact) mass is 409 g/mol. The van der Waals surface area contributed by atoms with Crippen LogP contribution in [0.4, 0.5) is 11.4 Å². The first-order chi connectivity index (χ1) is 14.5. The summed E-state index contributed by atoms with van der Waals surface area (Å²) in [6.45, 7) is 2.94. The molecule has 2 fully saturated rings. The number of rotatable bonds is 4. The van der Waals surface area contributed by atoms with Crippen molar-refractivity contribution in [1.82, 2.24) is 20.0 Å². The molecule has 4 rings (SSSR count). The van der Waals surface area contributed by atoms with E-state index in [4.69, 9.17) is 0 Å². The molecule has 9 nitrogen and oxygen atoms in total. The lowest BCUT2D eigenvalue weighted by molar-refractivity contribution is -0.120. The predicted octanol–water partition coefficient (Wildman–Crippen LogP) is 0.971. The van der Waals surface area contributed by atoms with E-state index in [-0.39, 0.29) is 18.4 Å². The maximum absolute atomic E-state index is 12.6. The number of nitrogens with zero attached hydrogens (tertiary/aromatic N) is 6. The van der Waals surface area contributed by atoms with Gasteiger partial charge in [-0.3, -0.25) is 19.3 Å². The van der Waals surface area contributed by atoms with Crippen molar-refractivity contribution < 1.29 is 9.59 Å². The number of carbonyl (C=O) groups is 2. The molecule has 0 bridgehead atoms. The smallest absolute Gasteiger partial charge is 0.246 e. The summed E-state index contributed by atoms with van der Waals surface area (Å²) in [5, 5.41) is 7.49. The molecule has 2 amide bonds. The number of hydrogen-bond acceptors (Lipinski definition) is 4. The van der Waals surface area contributed by atoms with Gasteiger partial charge in [-0.15, -0.1) is 0 Å². The van der Waals surface area contributed by atoms with Gasteiger partial charge >= 0.3 is 0 Å². The molecule has 0 saturated carbocycles. The predicted molar refractivity (Wildman–Crippen MR) is 115 cm³/mol. The van der Waals surface area contributed by atoms with Crippen LogP contribution in [-0.4, -0.2) is 65.7 Å². The Morgan fingerprint density at radius 2 is 1.83 bits per heavy atom. The molecule has 30 heavy (non-hydrogen) atoms. The number of carbonyl (C=O) groups excluding carboxylic acids is 2. The highest BCUT2D eigenvalue weighted by molar-refractivity contribution is 5.98. The second-order valence-electron chi connectivity index (χ2n) is 7.56. The third-order valence-electron chi connectivity index (χ3n) is 5.51. The number of aryl methyl sites for hydroxylation is 1. The van der Waals surface area contributed by atoms with Crippen molar-refractivity contribution in [2.24, 2.45) is 12.0 Å². The fraction of sp³-hybridized carbons (Fsp3) is 0.429. The lowest BCUT2D eigenvalue weighted by Crippen LogP contribution is -2.55. The van der Waals surface area contributed by atoms with Crippen molar-refractivity contribution in [3.8, 4) is 0 Å². The topological polar surface area (TPSA) is 86.1 Å². The Hall–Kier alpha value is -3.36. The first kappa shape index (κ1) is 19.9. The van der Waals surface area contributed by atoms with Gasteiger partial charge in [0.1, 0.15) is 6.54 Å². The second-order valence-corrected chi connectivity index (χ2v) is 7.56. The summed E-state index contributed by atoms with van der Waals surface area (Å²) in [6.07, 6.45) is 5.11. The van der Waals surface area contributed by atoms with Crippen molar-refractivity contribution in [3.63, 3.8) is 0 Å². The van der Waals surface area contributed by atoms with E-state index in [2.05, 4.69) is 15.4 Å². The molecule has 0 atom stereocenters. The van der Waals surface area contributed by atoms with Gasteiger partial charge in [0.25, 0.3) is 0 Å². The van der Waals surface area contributed by atoms with E-state index >= 15 is 0 Å². The van der Waals surface area contributed by atoms with Gasteiger partial charge in [-0.1, -0.05) is 12.1 Å². The molecule has 158 valence electrons. The summed E-state index contributed by atoms with van der Waals surface area (Å²) in [6, 6.07) is 8.01. The van der Waals surface area contributed by atoms with Gasteiger partial charge in [0.2, 0.25) is 11.8 Å².